The molecule has 3 rings (SSSR count). The molecule has 3 aromatic rings. The summed E-state index contributed by atoms with van der Waals surface area (Å²) in [4.78, 5) is 24.8. The number of hydrogen-bond acceptors (Lipinski definition) is 5. The number of fused-ring (bicyclic) bond motifs is 1. The minimum absolute atomic E-state index is 0.213. The summed E-state index contributed by atoms with van der Waals surface area (Å²) >= 11 is 0. The van der Waals surface area contributed by atoms with Crippen LogP contribution in [0.4, 0.5) is 4.79 Å². The lowest BCUT2D eigenvalue weighted by Gasteiger charge is -2.17. The highest BCUT2D eigenvalue weighted by molar-refractivity contribution is 6.02. The van der Waals surface area contributed by atoms with Crippen LogP contribution in [-0.4, -0.2) is 37.5 Å². The van der Waals surface area contributed by atoms with E-state index in [9.17, 15) is 9.59 Å². The molecule has 0 heterocycles. The summed E-state index contributed by atoms with van der Waals surface area (Å²) in [6, 6.07) is 20.3. The number of carbonyl (C=O) groups excluding carboxylic acids is 2. The zero-order chi connectivity index (χ0) is 22.8. The Morgan fingerprint density at radius 2 is 1.72 bits per heavy atom. The first-order valence-electron chi connectivity index (χ1n) is 10.6. The third-order valence-electron chi connectivity index (χ3n) is 4.77. The van der Waals surface area contributed by atoms with Crippen molar-refractivity contribution in [3.63, 3.8) is 0 Å². The zero-order valence-electron chi connectivity index (χ0n) is 18.2. The Hall–Kier alpha value is -3.87. The van der Waals surface area contributed by atoms with Crippen LogP contribution >= 0.6 is 0 Å². The van der Waals surface area contributed by atoms with E-state index in [2.05, 4.69) is 15.8 Å². The van der Waals surface area contributed by atoms with Gasteiger partial charge in [0.1, 0.15) is 11.8 Å². The SMILES string of the molecule is CCOC(=O)N[C@@H](Cc1ccccc1)C(=O)N/N=C\c1c(OCC)ccc2ccccc12. The van der Waals surface area contributed by atoms with Crippen molar-refractivity contribution in [3.8, 4) is 5.75 Å². The van der Waals surface area contributed by atoms with Crippen molar-refractivity contribution in [3.05, 3.63) is 77.9 Å². The number of ether oxygens (including phenoxy) is 2. The molecule has 0 aliphatic rings. The van der Waals surface area contributed by atoms with Crippen molar-refractivity contribution in [2.24, 2.45) is 5.10 Å². The van der Waals surface area contributed by atoms with Gasteiger partial charge in [-0.05, 0) is 36.2 Å². The van der Waals surface area contributed by atoms with Crippen LogP contribution in [0, 0.1) is 0 Å². The maximum absolute atomic E-state index is 12.8. The monoisotopic (exact) mass is 433 g/mol. The van der Waals surface area contributed by atoms with Gasteiger partial charge >= 0.3 is 6.09 Å². The number of benzene rings is 3. The van der Waals surface area contributed by atoms with Gasteiger partial charge in [0, 0.05) is 12.0 Å². The third-order valence-corrected chi connectivity index (χ3v) is 4.77. The molecule has 0 bridgehead atoms. The Labute approximate surface area is 187 Å². The summed E-state index contributed by atoms with van der Waals surface area (Å²) in [7, 11) is 0. The summed E-state index contributed by atoms with van der Waals surface area (Å²) in [5, 5.41) is 8.75. The molecule has 0 unspecified atom stereocenters. The number of alkyl carbamates (subject to hydrolysis) is 1. The highest BCUT2D eigenvalue weighted by atomic mass is 16.5. The maximum Gasteiger partial charge on any atom is 0.407 e. The van der Waals surface area contributed by atoms with Gasteiger partial charge in [0.2, 0.25) is 0 Å². The van der Waals surface area contributed by atoms with Gasteiger partial charge in [-0.3, -0.25) is 4.79 Å². The Morgan fingerprint density at radius 1 is 0.969 bits per heavy atom. The number of hydrazone groups is 1. The van der Waals surface area contributed by atoms with E-state index in [0.29, 0.717) is 18.8 Å². The minimum atomic E-state index is -0.840. The molecule has 32 heavy (non-hydrogen) atoms. The van der Waals surface area contributed by atoms with Crippen LogP contribution in [0.1, 0.15) is 25.0 Å². The Bertz CT molecular complexity index is 1080. The number of carbonyl (C=O) groups is 2. The van der Waals surface area contributed by atoms with Crippen LogP contribution < -0.4 is 15.5 Å². The standard InChI is InChI=1S/C25H27N3O4/c1-3-31-23-15-14-19-12-8-9-13-20(19)21(23)17-26-28-24(29)22(27-25(30)32-4-2)16-18-10-6-5-7-11-18/h5-15,17,22H,3-4,16H2,1-2H3,(H,27,30)(H,28,29)/b26-17-/t22-/m0/s1. The molecule has 1 atom stereocenters. The third kappa shape index (κ3) is 6.07. The molecule has 0 spiro atoms. The molecule has 0 radical (unpaired) electrons. The normalized spacial score (nSPS) is 11.8. The van der Waals surface area contributed by atoms with E-state index < -0.39 is 18.0 Å². The van der Waals surface area contributed by atoms with E-state index in [1.165, 1.54) is 0 Å². The lowest BCUT2D eigenvalue weighted by atomic mass is 10.0. The Balaban J connectivity index is 1.79. The highest BCUT2D eigenvalue weighted by Gasteiger charge is 2.21. The van der Waals surface area contributed by atoms with Crippen LogP contribution in [0.15, 0.2) is 71.8 Å². The van der Waals surface area contributed by atoms with Gasteiger partial charge < -0.3 is 14.8 Å². The zero-order valence-corrected chi connectivity index (χ0v) is 18.2. The van der Waals surface area contributed by atoms with Crippen LogP contribution in [0.3, 0.4) is 0 Å². The van der Waals surface area contributed by atoms with Crippen molar-refractivity contribution in [2.45, 2.75) is 26.3 Å². The van der Waals surface area contributed by atoms with Gasteiger partial charge in [-0.25, -0.2) is 10.2 Å². The molecule has 0 saturated heterocycles. The first-order chi connectivity index (χ1) is 15.6. The average Bonchev–Trinajstić information content (AvgIpc) is 2.80. The lowest BCUT2D eigenvalue weighted by molar-refractivity contribution is -0.123. The van der Waals surface area contributed by atoms with Gasteiger partial charge in [0.15, 0.2) is 0 Å². The molecule has 0 fully saturated rings. The quantitative estimate of drug-likeness (QED) is 0.394. The molecule has 0 aliphatic carbocycles. The van der Waals surface area contributed by atoms with E-state index in [4.69, 9.17) is 9.47 Å². The van der Waals surface area contributed by atoms with Crippen LogP contribution in [-0.2, 0) is 16.0 Å². The number of hydrogen-bond donors (Lipinski definition) is 2. The molecule has 7 heteroatoms. The first kappa shape index (κ1) is 22.8. The van der Waals surface area contributed by atoms with E-state index in [1.54, 1.807) is 13.1 Å². The van der Waals surface area contributed by atoms with Crippen molar-refractivity contribution in [2.75, 3.05) is 13.2 Å². The van der Waals surface area contributed by atoms with Crippen LogP contribution in [0.25, 0.3) is 10.8 Å². The summed E-state index contributed by atoms with van der Waals surface area (Å²) < 4.78 is 10.7. The average molecular weight is 434 g/mol. The van der Waals surface area contributed by atoms with Crippen molar-refractivity contribution < 1.29 is 19.1 Å². The number of nitrogens with zero attached hydrogens (tertiary/aromatic N) is 1. The molecular weight excluding hydrogens is 406 g/mol. The van der Waals surface area contributed by atoms with E-state index in [1.807, 2.05) is 73.7 Å². The summed E-state index contributed by atoms with van der Waals surface area (Å²) in [6.07, 6.45) is 1.22. The maximum atomic E-state index is 12.8. The molecule has 7 nitrogen and oxygen atoms in total. The molecule has 0 aliphatic heterocycles. The molecule has 2 N–H and O–H groups in total. The summed E-state index contributed by atoms with van der Waals surface area (Å²) in [6.45, 7) is 4.34. The van der Waals surface area contributed by atoms with Gasteiger partial charge in [-0.1, -0.05) is 60.7 Å². The lowest BCUT2D eigenvalue weighted by Crippen LogP contribution is -2.47. The number of nitrogens with one attached hydrogen (secondary N) is 2. The van der Waals surface area contributed by atoms with E-state index in [-0.39, 0.29) is 6.61 Å². The first-order valence-corrected chi connectivity index (χ1v) is 10.6. The fraction of sp³-hybridized carbons (Fsp3) is 0.240. The predicted octanol–water partition coefficient (Wildman–Crippen LogP) is 4.05. The fourth-order valence-electron chi connectivity index (χ4n) is 3.30. The fourth-order valence-corrected chi connectivity index (χ4v) is 3.30. The van der Waals surface area contributed by atoms with Gasteiger partial charge in [0.05, 0.1) is 19.4 Å². The van der Waals surface area contributed by atoms with Gasteiger partial charge in [0.25, 0.3) is 5.91 Å². The Kier molecular flexibility index (Phi) is 8.20. The van der Waals surface area contributed by atoms with Crippen LogP contribution in [0.5, 0.6) is 5.75 Å². The second-order valence-electron chi connectivity index (χ2n) is 6.97. The summed E-state index contributed by atoms with van der Waals surface area (Å²) in [5.41, 5.74) is 4.21. The van der Waals surface area contributed by atoms with E-state index >= 15 is 0 Å². The van der Waals surface area contributed by atoms with Crippen molar-refractivity contribution >= 4 is 29.0 Å². The molecule has 0 saturated carbocycles. The minimum Gasteiger partial charge on any atom is -0.493 e. The number of rotatable bonds is 9. The smallest absolute Gasteiger partial charge is 0.407 e. The summed E-state index contributed by atoms with van der Waals surface area (Å²) in [5.74, 6) is 0.228. The van der Waals surface area contributed by atoms with Crippen molar-refractivity contribution in [1.29, 1.82) is 0 Å². The highest BCUT2D eigenvalue weighted by Crippen LogP contribution is 2.26. The predicted molar refractivity (Wildman–Crippen MR) is 125 cm³/mol. The second-order valence-corrected chi connectivity index (χ2v) is 6.97. The molecule has 166 valence electrons. The topological polar surface area (TPSA) is 89.0 Å². The Morgan fingerprint density at radius 3 is 2.47 bits per heavy atom. The van der Waals surface area contributed by atoms with Crippen LogP contribution in [0.2, 0.25) is 0 Å². The second kappa shape index (κ2) is 11.5. The number of amides is 2. The van der Waals surface area contributed by atoms with Gasteiger partial charge in [-0.15, -0.1) is 0 Å². The van der Waals surface area contributed by atoms with Crippen molar-refractivity contribution in [1.82, 2.24) is 10.7 Å². The van der Waals surface area contributed by atoms with E-state index in [0.717, 1.165) is 21.9 Å². The largest absolute Gasteiger partial charge is 0.493 e. The molecule has 0 aromatic heterocycles. The van der Waals surface area contributed by atoms with Gasteiger partial charge in [-0.2, -0.15) is 5.10 Å². The molecule has 3 aromatic carbocycles. The molecule has 2 amide bonds. The molecular formula is C25H27N3O4.